The number of hydrogen-bond acceptors (Lipinski definition) is 6. The fourth-order valence-electron chi connectivity index (χ4n) is 5.77. The number of carboxylic acid groups (broad SMARTS) is 2. The van der Waals surface area contributed by atoms with Crippen molar-refractivity contribution in [3.8, 4) is 0 Å². The summed E-state index contributed by atoms with van der Waals surface area (Å²) < 4.78 is 0. The number of nitrogens with zero attached hydrogens (tertiary/aromatic N) is 1. The Hall–Kier alpha value is -3.76. The lowest BCUT2D eigenvalue weighted by Crippen LogP contribution is -2.73. The molecule has 2 aromatic rings. The van der Waals surface area contributed by atoms with Gasteiger partial charge in [0.2, 0.25) is 0 Å². The molecule has 0 aliphatic rings. The molecule has 2 rings (SSSR count). The highest BCUT2D eigenvalue weighted by Gasteiger charge is 2.49. The van der Waals surface area contributed by atoms with Crippen LogP contribution in [0.25, 0.3) is 0 Å². The lowest BCUT2D eigenvalue weighted by Gasteiger charge is -2.51. The van der Waals surface area contributed by atoms with Crippen molar-refractivity contribution in [1.82, 2.24) is 21.1 Å². The van der Waals surface area contributed by atoms with E-state index in [4.69, 9.17) is 0 Å². The molecule has 0 bridgehead atoms. The second-order valence-electron chi connectivity index (χ2n) is 12.1. The zero-order valence-corrected chi connectivity index (χ0v) is 26.4. The molecule has 10 heteroatoms. The van der Waals surface area contributed by atoms with Crippen molar-refractivity contribution < 1.29 is 29.4 Å². The van der Waals surface area contributed by atoms with Crippen LogP contribution in [0.15, 0.2) is 60.7 Å². The number of amides is 2. The maximum Gasteiger partial charge on any atom is 0.419 e. The maximum atomic E-state index is 12.6. The number of rotatable bonds is 21. The van der Waals surface area contributed by atoms with Crippen LogP contribution in [0.3, 0.4) is 0 Å². The summed E-state index contributed by atoms with van der Waals surface area (Å²) in [5.74, 6) is -0.530. The minimum Gasteiger partial charge on any atom is -0.465 e. The molecule has 0 fully saturated rings. The van der Waals surface area contributed by atoms with Gasteiger partial charge in [-0.3, -0.25) is 5.43 Å². The van der Waals surface area contributed by atoms with Gasteiger partial charge in [-0.15, -0.1) is 0 Å². The predicted molar refractivity (Wildman–Crippen MR) is 171 cm³/mol. The summed E-state index contributed by atoms with van der Waals surface area (Å²) in [6, 6.07) is 17.9. The SMILES string of the molecule is CC(C)C(C=O)NCCCCCC[C@@H](Cc1ccccc1)C(Cc1ccccc1)(NC(=O)O)N(NC(=O)O)[C@H](C=O)C(C)C. The smallest absolute Gasteiger partial charge is 0.419 e. The topological polar surface area (TPSA) is 148 Å². The van der Waals surface area contributed by atoms with Gasteiger partial charge in [-0.05, 0) is 48.8 Å². The Bertz CT molecular complexity index is 1150. The molecule has 0 spiro atoms. The number of nitrogens with one attached hydrogen (secondary N) is 3. The average Bonchev–Trinajstić information content (AvgIpc) is 2.97. The molecule has 2 unspecified atom stereocenters. The van der Waals surface area contributed by atoms with Gasteiger partial charge in [-0.2, -0.15) is 5.01 Å². The molecule has 0 saturated heterocycles. The Balaban J connectivity index is 2.52. The second kappa shape index (κ2) is 18.8. The van der Waals surface area contributed by atoms with Crippen LogP contribution in [0, 0.1) is 17.8 Å². The van der Waals surface area contributed by atoms with Crippen LogP contribution in [0.5, 0.6) is 0 Å². The van der Waals surface area contributed by atoms with Gasteiger partial charge >= 0.3 is 12.2 Å². The van der Waals surface area contributed by atoms with Gasteiger partial charge in [-0.25, -0.2) is 9.59 Å². The van der Waals surface area contributed by atoms with Crippen LogP contribution in [-0.2, 0) is 22.4 Å². The lowest BCUT2D eigenvalue weighted by molar-refractivity contribution is -0.125. The van der Waals surface area contributed by atoms with Gasteiger partial charge in [-0.1, -0.05) is 108 Å². The Morgan fingerprint density at radius 3 is 1.89 bits per heavy atom. The first-order chi connectivity index (χ1) is 21.0. The van der Waals surface area contributed by atoms with Crippen molar-refractivity contribution >= 4 is 24.8 Å². The summed E-state index contributed by atoms with van der Waals surface area (Å²) >= 11 is 0. The van der Waals surface area contributed by atoms with E-state index in [0.717, 1.165) is 49.6 Å². The summed E-state index contributed by atoms with van der Waals surface area (Å²) in [6.07, 6.45) is 3.49. The normalized spacial score (nSPS) is 14.9. The average molecular weight is 611 g/mol. The summed E-state index contributed by atoms with van der Waals surface area (Å²) in [5, 5.41) is 27.6. The highest BCUT2D eigenvalue weighted by atomic mass is 16.4. The number of unbranched alkanes of at least 4 members (excludes halogenated alkanes) is 3. The van der Waals surface area contributed by atoms with Crippen LogP contribution in [-0.4, -0.2) is 64.3 Å². The predicted octanol–water partition coefficient (Wildman–Crippen LogP) is 5.52. The molecule has 0 radical (unpaired) electrons. The molecule has 4 atom stereocenters. The van der Waals surface area contributed by atoms with E-state index in [-0.39, 0.29) is 24.3 Å². The summed E-state index contributed by atoms with van der Waals surface area (Å²) in [6.45, 7) is 8.33. The first kappa shape index (κ1) is 36.4. The molecular formula is C34H50N4O6. The summed E-state index contributed by atoms with van der Waals surface area (Å²) in [4.78, 5) is 48.6. The van der Waals surface area contributed by atoms with Gasteiger partial charge in [0, 0.05) is 12.3 Å². The molecule has 0 saturated carbocycles. The molecule has 2 aromatic carbocycles. The Labute approximate surface area is 261 Å². The number of hydrazine groups is 1. The van der Waals surface area contributed by atoms with Crippen LogP contribution in [0.1, 0.15) is 70.9 Å². The van der Waals surface area contributed by atoms with Gasteiger partial charge in [0.05, 0.1) is 12.1 Å². The molecule has 0 aliphatic carbocycles. The summed E-state index contributed by atoms with van der Waals surface area (Å²) in [5.41, 5.74) is 2.71. The fraction of sp³-hybridized carbons (Fsp3) is 0.529. The fourth-order valence-corrected chi connectivity index (χ4v) is 5.77. The first-order valence-corrected chi connectivity index (χ1v) is 15.6. The molecule has 0 aromatic heterocycles. The van der Waals surface area contributed by atoms with E-state index in [1.54, 1.807) is 13.8 Å². The van der Waals surface area contributed by atoms with E-state index in [0.29, 0.717) is 19.1 Å². The van der Waals surface area contributed by atoms with Crippen LogP contribution < -0.4 is 16.1 Å². The zero-order valence-electron chi connectivity index (χ0n) is 26.4. The van der Waals surface area contributed by atoms with Crippen molar-refractivity contribution in [2.75, 3.05) is 6.54 Å². The number of hydrogen-bond donors (Lipinski definition) is 5. The van der Waals surface area contributed by atoms with Crippen molar-refractivity contribution in [3.63, 3.8) is 0 Å². The van der Waals surface area contributed by atoms with Crippen molar-refractivity contribution in [2.45, 2.75) is 90.4 Å². The Morgan fingerprint density at radius 2 is 1.39 bits per heavy atom. The first-order valence-electron chi connectivity index (χ1n) is 15.6. The number of carbonyl (C=O) groups is 4. The minimum absolute atomic E-state index is 0.126. The van der Waals surface area contributed by atoms with E-state index >= 15 is 0 Å². The monoisotopic (exact) mass is 610 g/mol. The number of benzene rings is 2. The number of carbonyl (C=O) groups excluding carboxylic acids is 2. The zero-order chi connectivity index (χ0) is 32.5. The quantitative estimate of drug-likeness (QED) is 0.0537. The molecule has 10 nitrogen and oxygen atoms in total. The third kappa shape index (κ3) is 11.4. The highest BCUT2D eigenvalue weighted by molar-refractivity contribution is 5.68. The molecular weight excluding hydrogens is 560 g/mol. The highest BCUT2D eigenvalue weighted by Crippen LogP contribution is 2.35. The summed E-state index contributed by atoms with van der Waals surface area (Å²) in [7, 11) is 0. The standard InChI is InChI=1S/C34H50N4O6/c1-25(2)30(23-39)35-20-14-6-5-13-19-29(21-27-15-9-7-10-16-27)34(36-32(41)42,22-28-17-11-8-12-18-28)38(37-33(43)44)31(24-40)26(3)4/h7-12,15-18,23-26,29-31,35-37H,5-6,13-14,19-22H2,1-4H3,(H,41,42)(H,43,44)/t29-,30?,31+,34?/m0/s1. The molecule has 242 valence electrons. The van der Waals surface area contributed by atoms with Crippen molar-refractivity contribution in [1.29, 1.82) is 0 Å². The molecule has 2 amide bonds. The van der Waals surface area contributed by atoms with Crippen molar-refractivity contribution in [3.05, 3.63) is 71.8 Å². The Kier molecular flexibility index (Phi) is 15.6. The van der Waals surface area contributed by atoms with Gasteiger partial charge in [0.1, 0.15) is 18.2 Å². The van der Waals surface area contributed by atoms with Gasteiger partial charge < -0.3 is 30.4 Å². The van der Waals surface area contributed by atoms with E-state index in [9.17, 15) is 29.4 Å². The van der Waals surface area contributed by atoms with E-state index in [1.807, 2.05) is 74.5 Å². The van der Waals surface area contributed by atoms with Gasteiger partial charge in [0.25, 0.3) is 0 Å². The largest absolute Gasteiger partial charge is 0.465 e. The Morgan fingerprint density at radius 1 is 0.795 bits per heavy atom. The third-order valence-electron chi connectivity index (χ3n) is 8.13. The van der Waals surface area contributed by atoms with E-state index < -0.39 is 29.8 Å². The minimum atomic E-state index is -1.51. The van der Waals surface area contributed by atoms with Gasteiger partial charge in [0.15, 0.2) is 0 Å². The van der Waals surface area contributed by atoms with E-state index in [2.05, 4.69) is 16.1 Å². The maximum absolute atomic E-state index is 12.6. The molecule has 5 N–H and O–H groups in total. The van der Waals surface area contributed by atoms with Crippen LogP contribution in [0.4, 0.5) is 9.59 Å². The van der Waals surface area contributed by atoms with Crippen molar-refractivity contribution in [2.24, 2.45) is 17.8 Å². The number of aldehydes is 2. The van der Waals surface area contributed by atoms with E-state index in [1.165, 1.54) is 5.01 Å². The molecule has 0 heterocycles. The lowest BCUT2D eigenvalue weighted by atomic mass is 9.77. The molecule has 0 aliphatic heterocycles. The van der Waals surface area contributed by atoms with Crippen LogP contribution in [0.2, 0.25) is 0 Å². The third-order valence-corrected chi connectivity index (χ3v) is 8.13. The second-order valence-corrected chi connectivity index (χ2v) is 12.1. The van der Waals surface area contributed by atoms with Crippen LogP contribution >= 0.6 is 0 Å². The molecule has 44 heavy (non-hydrogen) atoms.